The molecule has 4 heteroatoms. The number of nitrogens with zero attached hydrogens (tertiary/aromatic N) is 2. The lowest BCUT2D eigenvalue weighted by molar-refractivity contribution is 0.362. The van der Waals surface area contributed by atoms with Crippen molar-refractivity contribution in [3.05, 3.63) is 18.0 Å². The zero-order valence-electron chi connectivity index (χ0n) is 11.0. The highest BCUT2D eigenvalue weighted by Gasteiger charge is 2.28. The van der Waals surface area contributed by atoms with E-state index in [1.807, 2.05) is 6.20 Å². The van der Waals surface area contributed by atoms with Gasteiger partial charge in [-0.25, -0.2) is 0 Å². The van der Waals surface area contributed by atoms with Crippen molar-refractivity contribution in [2.24, 2.45) is 5.92 Å². The highest BCUT2D eigenvalue weighted by atomic mass is 32.2. The molecular weight excluding hydrogens is 230 g/mol. The molecule has 17 heavy (non-hydrogen) atoms. The van der Waals surface area contributed by atoms with Gasteiger partial charge in [0.25, 0.3) is 0 Å². The number of hydrogen-bond acceptors (Lipinski definition) is 3. The summed E-state index contributed by atoms with van der Waals surface area (Å²) in [4.78, 5) is 0. The van der Waals surface area contributed by atoms with E-state index in [9.17, 15) is 0 Å². The van der Waals surface area contributed by atoms with Gasteiger partial charge < -0.3 is 5.32 Å². The molecule has 1 aliphatic rings. The molecule has 2 atom stereocenters. The Kier molecular flexibility index (Phi) is 4.51. The molecule has 0 radical (unpaired) electrons. The van der Waals surface area contributed by atoms with Gasteiger partial charge in [0.1, 0.15) is 0 Å². The Balaban J connectivity index is 2.21. The standard InChI is InChI=1S/C13H23N3S/c1-4-14-13(11-6-8-17-9-11)12-5-7-15-16(12)10(2)3/h5,7,10-11,13-14H,4,6,8-9H2,1-3H3. The molecule has 1 saturated heterocycles. The van der Waals surface area contributed by atoms with Crippen LogP contribution in [0, 0.1) is 5.92 Å². The maximum Gasteiger partial charge on any atom is 0.0559 e. The molecule has 2 unspecified atom stereocenters. The van der Waals surface area contributed by atoms with E-state index < -0.39 is 0 Å². The van der Waals surface area contributed by atoms with Crippen LogP contribution in [-0.2, 0) is 0 Å². The van der Waals surface area contributed by atoms with Gasteiger partial charge in [0.15, 0.2) is 0 Å². The van der Waals surface area contributed by atoms with Crippen molar-refractivity contribution < 1.29 is 0 Å². The number of nitrogens with one attached hydrogen (secondary N) is 1. The molecule has 0 amide bonds. The fourth-order valence-electron chi connectivity index (χ4n) is 2.55. The van der Waals surface area contributed by atoms with E-state index in [1.54, 1.807) is 0 Å². The molecule has 0 spiro atoms. The summed E-state index contributed by atoms with van der Waals surface area (Å²) in [6, 6.07) is 3.09. The molecule has 1 aromatic rings. The first-order chi connectivity index (χ1) is 8.24. The Labute approximate surface area is 108 Å². The fourth-order valence-corrected chi connectivity index (χ4v) is 3.85. The van der Waals surface area contributed by atoms with Gasteiger partial charge in [0, 0.05) is 12.2 Å². The molecule has 0 aromatic carbocycles. The van der Waals surface area contributed by atoms with Crippen molar-refractivity contribution in [1.29, 1.82) is 0 Å². The van der Waals surface area contributed by atoms with Crippen molar-refractivity contribution >= 4 is 11.8 Å². The Bertz CT molecular complexity index is 342. The van der Waals surface area contributed by atoms with E-state index in [0.29, 0.717) is 12.1 Å². The lowest BCUT2D eigenvalue weighted by Crippen LogP contribution is -2.30. The second-order valence-electron chi connectivity index (χ2n) is 4.95. The minimum absolute atomic E-state index is 0.440. The van der Waals surface area contributed by atoms with E-state index in [-0.39, 0.29) is 0 Å². The molecular formula is C13H23N3S. The average Bonchev–Trinajstić information content (AvgIpc) is 2.96. The number of thioether (sulfide) groups is 1. The molecule has 0 bridgehead atoms. The first-order valence-corrected chi connectivity index (χ1v) is 7.74. The highest BCUT2D eigenvalue weighted by molar-refractivity contribution is 7.99. The Morgan fingerprint density at radius 2 is 2.41 bits per heavy atom. The summed E-state index contributed by atoms with van der Waals surface area (Å²) in [5, 5.41) is 8.11. The Hall–Kier alpha value is -0.480. The van der Waals surface area contributed by atoms with Crippen LogP contribution >= 0.6 is 11.8 Å². The van der Waals surface area contributed by atoms with Crippen molar-refractivity contribution in [2.45, 2.75) is 39.3 Å². The number of rotatable bonds is 5. The van der Waals surface area contributed by atoms with Crippen LogP contribution in [0.3, 0.4) is 0 Å². The van der Waals surface area contributed by atoms with Crippen LogP contribution in [0.2, 0.25) is 0 Å². The second kappa shape index (κ2) is 5.91. The van der Waals surface area contributed by atoms with Gasteiger partial charge in [0.2, 0.25) is 0 Å². The van der Waals surface area contributed by atoms with Gasteiger partial charge in [-0.3, -0.25) is 4.68 Å². The van der Waals surface area contributed by atoms with Crippen molar-refractivity contribution in [3.63, 3.8) is 0 Å². The minimum Gasteiger partial charge on any atom is -0.309 e. The molecule has 1 aliphatic heterocycles. The summed E-state index contributed by atoms with van der Waals surface area (Å²) in [5.74, 6) is 3.35. The van der Waals surface area contributed by atoms with E-state index in [4.69, 9.17) is 0 Å². The Morgan fingerprint density at radius 1 is 1.59 bits per heavy atom. The quantitative estimate of drug-likeness (QED) is 0.875. The smallest absolute Gasteiger partial charge is 0.0559 e. The zero-order valence-corrected chi connectivity index (χ0v) is 11.8. The predicted octanol–water partition coefficient (Wildman–Crippen LogP) is 2.87. The van der Waals surface area contributed by atoms with E-state index in [2.05, 4.69) is 53.7 Å². The predicted molar refractivity (Wildman–Crippen MR) is 74.5 cm³/mol. The summed E-state index contributed by atoms with van der Waals surface area (Å²) in [5.41, 5.74) is 1.36. The summed E-state index contributed by atoms with van der Waals surface area (Å²) in [7, 11) is 0. The third-order valence-electron chi connectivity index (χ3n) is 3.37. The van der Waals surface area contributed by atoms with Crippen molar-refractivity contribution in [2.75, 3.05) is 18.1 Å². The van der Waals surface area contributed by atoms with E-state index in [0.717, 1.165) is 12.5 Å². The third kappa shape index (κ3) is 2.86. The van der Waals surface area contributed by atoms with Crippen LogP contribution in [0.25, 0.3) is 0 Å². The molecule has 2 heterocycles. The monoisotopic (exact) mass is 253 g/mol. The molecule has 1 fully saturated rings. The highest BCUT2D eigenvalue weighted by Crippen LogP contribution is 2.34. The molecule has 0 aliphatic carbocycles. The van der Waals surface area contributed by atoms with Crippen LogP contribution in [0.1, 0.15) is 45.0 Å². The maximum atomic E-state index is 4.46. The summed E-state index contributed by atoms with van der Waals surface area (Å²) < 4.78 is 2.16. The van der Waals surface area contributed by atoms with Gasteiger partial charge in [0.05, 0.1) is 11.7 Å². The summed E-state index contributed by atoms with van der Waals surface area (Å²) >= 11 is 2.08. The van der Waals surface area contributed by atoms with Crippen LogP contribution in [0.5, 0.6) is 0 Å². The third-order valence-corrected chi connectivity index (χ3v) is 4.56. The molecule has 1 N–H and O–H groups in total. The normalized spacial score (nSPS) is 22.2. The largest absolute Gasteiger partial charge is 0.309 e. The van der Waals surface area contributed by atoms with Gasteiger partial charge >= 0.3 is 0 Å². The fraction of sp³-hybridized carbons (Fsp3) is 0.769. The topological polar surface area (TPSA) is 29.9 Å². The SMILES string of the molecule is CCNC(c1ccnn1C(C)C)C1CCSC1. The van der Waals surface area contributed by atoms with E-state index in [1.165, 1.54) is 23.6 Å². The maximum absolute atomic E-state index is 4.46. The van der Waals surface area contributed by atoms with Crippen molar-refractivity contribution in [1.82, 2.24) is 15.1 Å². The molecule has 96 valence electrons. The first-order valence-electron chi connectivity index (χ1n) is 6.58. The number of hydrogen-bond donors (Lipinski definition) is 1. The second-order valence-corrected chi connectivity index (χ2v) is 6.10. The van der Waals surface area contributed by atoms with E-state index >= 15 is 0 Å². The molecule has 0 saturated carbocycles. The molecule has 3 nitrogen and oxygen atoms in total. The molecule has 2 rings (SSSR count). The van der Waals surface area contributed by atoms with Gasteiger partial charge in [-0.15, -0.1) is 0 Å². The summed E-state index contributed by atoms with van der Waals surface area (Å²) in [6.45, 7) is 7.60. The van der Waals surface area contributed by atoms with Crippen LogP contribution < -0.4 is 5.32 Å². The first kappa shape index (κ1) is 13.0. The minimum atomic E-state index is 0.440. The lowest BCUT2D eigenvalue weighted by atomic mass is 9.96. The number of aromatic nitrogens is 2. The average molecular weight is 253 g/mol. The van der Waals surface area contributed by atoms with Crippen LogP contribution in [-0.4, -0.2) is 27.8 Å². The zero-order chi connectivity index (χ0) is 12.3. The van der Waals surface area contributed by atoms with Gasteiger partial charge in [-0.1, -0.05) is 6.92 Å². The summed E-state index contributed by atoms with van der Waals surface area (Å²) in [6.07, 6.45) is 3.26. The van der Waals surface area contributed by atoms with Crippen LogP contribution in [0.15, 0.2) is 12.3 Å². The lowest BCUT2D eigenvalue weighted by Gasteiger charge is -2.26. The van der Waals surface area contributed by atoms with Crippen LogP contribution in [0.4, 0.5) is 0 Å². The molecule has 1 aromatic heterocycles. The Morgan fingerprint density at radius 3 is 3.00 bits per heavy atom. The van der Waals surface area contributed by atoms with Gasteiger partial charge in [-0.2, -0.15) is 16.9 Å². The van der Waals surface area contributed by atoms with Crippen molar-refractivity contribution in [3.8, 4) is 0 Å². The van der Waals surface area contributed by atoms with Gasteiger partial charge in [-0.05, 0) is 50.3 Å².